The van der Waals surface area contributed by atoms with E-state index in [9.17, 15) is 4.79 Å². The third kappa shape index (κ3) is 2.55. The molecule has 2 N–H and O–H groups in total. The summed E-state index contributed by atoms with van der Waals surface area (Å²) in [5.41, 5.74) is 1.48. The second-order valence-corrected chi connectivity index (χ2v) is 6.19. The van der Waals surface area contributed by atoms with Gasteiger partial charge in [-0.25, -0.2) is 0 Å². The summed E-state index contributed by atoms with van der Waals surface area (Å²) in [7, 11) is 0. The molecule has 0 aliphatic carbocycles. The Morgan fingerprint density at radius 1 is 0.741 bits per heavy atom. The SMILES string of the molecule is O=c1c2ccccc2c(Nc2n[nH]c3ccccc23)nn1-c1ccccc1. The standard InChI is InChI=1S/C21H15N5O/c27-21-16-11-5-4-10-15(16)20(25-26(21)14-8-2-1-3-9-14)22-19-17-12-6-7-13-18(17)23-24-19/h1-13H,(H2,22,23,24,25). The highest BCUT2D eigenvalue weighted by Crippen LogP contribution is 2.26. The zero-order valence-electron chi connectivity index (χ0n) is 14.3. The van der Waals surface area contributed by atoms with Gasteiger partial charge in [0.2, 0.25) is 0 Å². The van der Waals surface area contributed by atoms with Crippen molar-refractivity contribution in [1.82, 2.24) is 20.0 Å². The summed E-state index contributed by atoms with van der Waals surface area (Å²) in [6, 6.07) is 24.7. The van der Waals surface area contributed by atoms with Crippen molar-refractivity contribution in [1.29, 1.82) is 0 Å². The molecule has 2 heterocycles. The molecule has 2 aromatic heterocycles. The molecule has 0 saturated carbocycles. The molecule has 0 bridgehead atoms. The van der Waals surface area contributed by atoms with E-state index in [1.807, 2.05) is 78.9 Å². The van der Waals surface area contributed by atoms with E-state index in [1.165, 1.54) is 4.68 Å². The van der Waals surface area contributed by atoms with E-state index in [1.54, 1.807) is 0 Å². The first-order valence-electron chi connectivity index (χ1n) is 8.59. The van der Waals surface area contributed by atoms with Crippen LogP contribution in [0.25, 0.3) is 27.4 Å². The largest absolute Gasteiger partial charge is 0.321 e. The lowest BCUT2D eigenvalue weighted by Gasteiger charge is -2.11. The number of rotatable bonds is 3. The van der Waals surface area contributed by atoms with E-state index in [0.717, 1.165) is 16.3 Å². The third-order valence-electron chi connectivity index (χ3n) is 4.51. The summed E-state index contributed by atoms with van der Waals surface area (Å²) >= 11 is 0. The van der Waals surface area contributed by atoms with Gasteiger partial charge in [0, 0.05) is 10.8 Å². The maximum Gasteiger partial charge on any atom is 0.279 e. The number of nitrogens with zero attached hydrogens (tertiary/aromatic N) is 3. The van der Waals surface area contributed by atoms with E-state index in [-0.39, 0.29) is 5.56 Å². The van der Waals surface area contributed by atoms with E-state index in [0.29, 0.717) is 22.7 Å². The third-order valence-corrected chi connectivity index (χ3v) is 4.51. The quantitative estimate of drug-likeness (QED) is 0.514. The van der Waals surface area contributed by atoms with Crippen LogP contribution in [0, 0.1) is 0 Å². The molecular formula is C21H15N5O. The molecule has 6 heteroatoms. The van der Waals surface area contributed by atoms with Crippen molar-refractivity contribution in [2.75, 3.05) is 5.32 Å². The molecule has 0 unspecified atom stereocenters. The molecule has 0 spiro atoms. The van der Waals surface area contributed by atoms with Gasteiger partial charge >= 0.3 is 0 Å². The molecule has 0 aliphatic rings. The zero-order chi connectivity index (χ0) is 18.2. The summed E-state index contributed by atoms with van der Waals surface area (Å²) in [6.45, 7) is 0. The van der Waals surface area contributed by atoms with Gasteiger partial charge in [-0.2, -0.15) is 9.78 Å². The topological polar surface area (TPSA) is 75.6 Å². The van der Waals surface area contributed by atoms with Crippen molar-refractivity contribution >= 4 is 33.3 Å². The summed E-state index contributed by atoms with van der Waals surface area (Å²) in [5.74, 6) is 1.24. The molecule has 0 saturated heterocycles. The first kappa shape index (κ1) is 15.3. The molecule has 0 atom stereocenters. The van der Waals surface area contributed by atoms with E-state index in [2.05, 4.69) is 20.6 Å². The van der Waals surface area contributed by atoms with Crippen LogP contribution < -0.4 is 10.9 Å². The minimum absolute atomic E-state index is 0.158. The highest BCUT2D eigenvalue weighted by Gasteiger charge is 2.13. The minimum atomic E-state index is -0.158. The van der Waals surface area contributed by atoms with Crippen LogP contribution in [0.4, 0.5) is 11.6 Å². The highest BCUT2D eigenvalue weighted by molar-refractivity contribution is 5.96. The van der Waals surface area contributed by atoms with Crippen LogP contribution in [0.2, 0.25) is 0 Å². The predicted octanol–water partition coefficient (Wildman–Crippen LogP) is 4.01. The Hall–Kier alpha value is -3.93. The molecule has 0 aliphatic heterocycles. The first-order valence-corrected chi connectivity index (χ1v) is 8.59. The lowest BCUT2D eigenvalue weighted by molar-refractivity contribution is 0.826. The Morgan fingerprint density at radius 3 is 2.22 bits per heavy atom. The Balaban J connectivity index is 1.74. The molecule has 130 valence electrons. The number of aromatic amines is 1. The number of aromatic nitrogens is 4. The summed E-state index contributed by atoms with van der Waals surface area (Å²) < 4.78 is 1.42. The van der Waals surface area contributed by atoms with Crippen molar-refractivity contribution in [3.05, 3.63) is 89.2 Å². The average Bonchev–Trinajstić information content (AvgIpc) is 3.14. The molecule has 0 amide bonds. The fourth-order valence-electron chi connectivity index (χ4n) is 3.20. The number of hydrogen-bond acceptors (Lipinski definition) is 4. The zero-order valence-corrected chi connectivity index (χ0v) is 14.3. The molecule has 3 aromatic carbocycles. The number of hydrogen-bond donors (Lipinski definition) is 2. The van der Waals surface area contributed by atoms with Gasteiger partial charge in [-0.15, -0.1) is 5.10 Å². The lowest BCUT2D eigenvalue weighted by atomic mass is 10.2. The maximum absolute atomic E-state index is 12.9. The number of H-pyrrole nitrogens is 1. The van der Waals surface area contributed by atoms with E-state index >= 15 is 0 Å². The summed E-state index contributed by atoms with van der Waals surface area (Å²) in [5, 5.41) is 17.6. The van der Waals surface area contributed by atoms with Crippen molar-refractivity contribution in [3.8, 4) is 5.69 Å². The molecule has 0 fully saturated rings. The van der Waals surface area contributed by atoms with Crippen molar-refractivity contribution in [2.24, 2.45) is 0 Å². The number of anilines is 2. The van der Waals surface area contributed by atoms with Crippen molar-refractivity contribution in [2.45, 2.75) is 0 Å². The van der Waals surface area contributed by atoms with Crippen LogP contribution in [-0.4, -0.2) is 20.0 Å². The first-order chi connectivity index (χ1) is 13.3. The Kier molecular flexibility index (Phi) is 3.47. The van der Waals surface area contributed by atoms with Gasteiger partial charge < -0.3 is 5.32 Å². The van der Waals surface area contributed by atoms with E-state index in [4.69, 9.17) is 0 Å². The number of fused-ring (bicyclic) bond motifs is 2. The smallest absolute Gasteiger partial charge is 0.279 e. The average molecular weight is 353 g/mol. The molecule has 5 rings (SSSR count). The Morgan fingerprint density at radius 2 is 1.41 bits per heavy atom. The second-order valence-electron chi connectivity index (χ2n) is 6.19. The van der Waals surface area contributed by atoms with Gasteiger partial charge in [0.15, 0.2) is 11.6 Å². The number of para-hydroxylation sites is 2. The van der Waals surface area contributed by atoms with E-state index < -0.39 is 0 Å². The molecule has 6 nitrogen and oxygen atoms in total. The molecule has 27 heavy (non-hydrogen) atoms. The van der Waals surface area contributed by atoms with Crippen LogP contribution in [0.1, 0.15) is 0 Å². The van der Waals surface area contributed by atoms with Crippen LogP contribution in [0.5, 0.6) is 0 Å². The fourth-order valence-corrected chi connectivity index (χ4v) is 3.20. The van der Waals surface area contributed by atoms with Gasteiger partial charge in [-0.3, -0.25) is 9.89 Å². The Bertz CT molecular complexity index is 1320. The second kappa shape index (κ2) is 6.10. The van der Waals surface area contributed by atoms with Crippen LogP contribution in [0.3, 0.4) is 0 Å². The fraction of sp³-hybridized carbons (Fsp3) is 0. The molecule has 0 radical (unpaired) electrons. The summed E-state index contributed by atoms with van der Waals surface area (Å²) in [6.07, 6.45) is 0. The van der Waals surface area contributed by atoms with Gasteiger partial charge in [0.25, 0.3) is 5.56 Å². The Labute approximate surface area is 154 Å². The molecular weight excluding hydrogens is 338 g/mol. The van der Waals surface area contributed by atoms with Gasteiger partial charge in [-0.1, -0.05) is 48.5 Å². The normalized spacial score (nSPS) is 11.1. The number of benzene rings is 3. The summed E-state index contributed by atoms with van der Waals surface area (Å²) in [4.78, 5) is 12.9. The number of nitrogens with one attached hydrogen (secondary N) is 2. The maximum atomic E-state index is 12.9. The van der Waals surface area contributed by atoms with Crippen LogP contribution >= 0.6 is 0 Å². The molecule has 5 aromatic rings. The minimum Gasteiger partial charge on any atom is -0.321 e. The predicted molar refractivity (Wildman–Crippen MR) is 107 cm³/mol. The van der Waals surface area contributed by atoms with Crippen molar-refractivity contribution < 1.29 is 0 Å². The van der Waals surface area contributed by atoms with Gasteiger partial charge in [-0.05, 0) is 30.3 Å². The van der Waals surface area contributed by atoms with Crippen molar-refractivity contribution in [3.63, 3.8) is 0 Å². The van der Waals surface area contributed by atoms with Gasteiger partial charge in [0.1, 0.15) is 0 Å². The lowest BCUT2D eigenvalue weighted by Crippen LogP contribution is -2.22. The highest BCUT2D eigenvalue weighted by atomic mass is 16.1. The van der Waals surface area contributed by atoms with Crippen LogP contribution in [-0.2, 0) is 0 Å². The van der Waals surface area contributed by atoms with Gasteiger partial charge in [0.05, 0.1) is 16.6 Å². The van der Waals surface area contributed by atoms with Crippen LogP contribution in [0.15, 0.2) is 83.7 Å². The monoisotopic (exact) mass is 353 g/mol.